The molecule has 3 N–H and O–H groups in total. The summed E-state index contributed by atoms with van der Waals surface area (Å²) in [6, 6.07) is 15.2. The van der Waals surface area contributed by atoms with Crippen LogP contribution in [-0.4, -0.2) is 55.1 Å². The molecular formula is C25H30N4O5S. The van der Waals surface area contributed by atoms with Gasteiger partial charge in [0.05, 0.1) is 10.4 Å². The summed E-state index contributed by atoms with van der Waals surface area (Å²) in [4.78, 5) is 18.6. The number of likely N-dealkylation sites (tertiary alicyclic amines) is 1. The third-order valence-electron chi connectivity index (χ3n) is 6.17. The Labute approximate surface area is 205 Å². The number of amides is 1. The zero-order valence-corrected chi connectivity index (χ0v) is 20.4. The quantitative estimate of drug-likeness (QED) is 0.306. The number of aryl methyl sites for hydroxylation is 1. The number of pyridine rings is 1. The predicted molar refractivity (Wildman–Crippen MR) is 132 cm³/mol. The molecule has 9 nitrogen and oxygen atoms in total. The van der Waals surface area contributed by atoms with E-state index >= 15 is 0 Å². The number of sulfonamides is 1. The number of nitrogens with one attached hydrogen (secondary N) is 2. The Morgan fingerprint density at radius 2 is 1.83 bits per heavy atom. The van der Waals surface area contributed by atoms with Crippen molar-refractivity contribution in [3.05, 3.63) is 65.9 Å². The molecule has 35 heavy (non-hydrogen) atoms. The van der Waals surface area contributed by atoms with Crippen LogP contribution in [0.2, 0.25) is 0 Å². The number of aromatic nitrogens is 1. The van der Waals surface area contributed by atoms with Crippen LogP contribution in [0.4, 0.5) is 0 Å². The van der Waals surface area contributed by atoms with Crippen LogP contribution in [0.5, 0.6) is 5.75 Å². The molecule has 1 aromatic heterocycles. The topological polar surface area (TPSA) is 121 Å². The molecule has 0 spiro atoms. The predicted octanol–water partition coefficient (Wildman–Crippen LogP) is 2.76. The van der Waals surface area contributed by atoms with Crippen LogP contribution in [-0.2, 0) is 21.4 Å². The second-order valence-corrected chi connectivity index (χ2v) is 10.4. The number of ether oxygens (including phenoxy) is 1. The highest BCUT2D eigenvalue weighted by atomic mass is 32.2. The summed E-state index contributed by atoms with van der Waals surface area (Å²) in [6.45, 7) is 3.47. The largest absolute Gasteiger partial charge is 0.489 e. The van der Waals surface area contributed by atoms with Crippen LogP contribution < -0.4 is 14.9 Å². The van der Waals surface area contributed by atoms with Gasteiger partial charge >= 0.3 is 0 Å². The first kappa shape index (κ1) is 25.1. The van der Waals surface area contributed by atoms with Crippen molar-refractivity contribution < 1.29 is 23.2 Å². The Morgan fingerprint density at radius 3 is 2.54 bits per heavy atom. The second-order valence-electron chi connectivity index (χ2n) is 8.64. The second kappa shape index (κ2) is 11.1. The summed E-state index contributed by atoms with van der Waals surface area (Å²) in [7, 11) is -3.86. The number of hydrogen-bond donors (Lipinski definition) is 3. The SMILES string of the molecule is Cc1cc(COc2ccc(S(=O)(=O)NCC(C(=O)NO)N3CCCCC3)cc2)c2ccccc2n1. The highest BCUT2D eigenvalue weighted by Crippen LogP contribution is 2.22. The van der Waals surface area contributed by atoms with Crippen molar-refractivity contribution in [3.8, 4) is 5.75 Å². The molecule has 0 saturated carbocycles. The van der Waals surface area contributed by atoms with E-state index in [0.717, 1.165) is 41.4 Å². The fourth-order valence-corrected chi connectivity index (χ4v) is 5.39. The van der Waals surface area contributed by atoms with Gasteiger partial charge in [-0.25, -0.2) is 18.6 Å². The molecule has 1 aliphatic heterocycles. The zero-order chi connectivity index (χ0) is 24.8. The van der Waals surface area contributed by atoms with E-state index in [1.54, 1.807) is 17.6 Å². The molecule has 1 unspecified atom stereocenters. The zero-order valence-electron chi connectivity index (χ0n) is 19.6. The molecule has 0 bridgehead atoms. The third kappa shape index (κ3) is 6.15. The van der Waals surface area contributed by atoms with Gasteiger partial charge in [0.1, 0.15) is 18.4 Å². The molecule has 1 atom stereocenters. The lowest BCUT2D eigenvalue weighted by atomic mass is 10.1. The van der Waals surface area contributed by atoms with Gasteiger partial charge in [-0.3, -0.25) is 19.9 Å². The number of fused-ring (bicyclic) bond motifs is 1. The van der Waals surface area contributed by atoms with E-state index in [1.807, 2.05) is 42.2 Å². The number of nitrogens with zero attached hydrogens (tertiary/aromatic N) is 2. The number of para-hydroxylation sites is 1. The number of carbonyl (C=O) groups excluding carboxylic acids is 1. The maximum atomic E-state index is 12.8. The molecule has 0 aliphatic carbocycles. The number of carbonyl (C=O) groups is 1. The Morgan fingerprint density at radius 1 is 1.11 bits per heavy atom. The summed E-state index contributed by atoms with van der Waals surface area (Å²) < 4.78 is 34.1. The summed E-state index contributed by atoms with van der Waals surface area (Å²) in [6.07, 6.45) is 2.93. The van der Waals surface area contributed by atoms with Crippen LogP contribution in [0, 0.1) is 6.92 Å². The maximum absolute atomic E-state index is 12.8. The van der Waals surface area contributed by atoms with Crippen molar-refractivity contribution in [2.24, 2.45) is 0 Å². The fourth-order valence-electron chi connectivity index (χ4n) is 4.35. The first-order chi connectivity index (χ1) is 16.9. The van der Waals surface area contributed by atoms with E-state index in [9.17, 15) is 13.2 Å². The lowest BCUT2D eigenvalue weighted by molar-refractivity contribution is -0.135. The van der Waals surface area contributed by atoms with E-state index in [0.29, 0.717) is 25.4 Å². The van der Waals surface area contributed by atoms with Crippen molar-refractivity contribution in [1.29, 1.82) is 0 Å². The lowest BCUT2D eigenvalue weighted by Gasteiger charge is -2.33. The van der Waals surface area contributed by atoms with Gasteiger partial charge in [-0.05, 0) is 69.3 Å². The summed E-state index contributed by atoms with van der Waals surface area (Å²) in [5, 5.41) is 10.1. The third-order valence-corrected chi connectivity index (χ3v) is 7.61. The summed E-state index contributed by atoms with van der Waals surface area (Å²) in [5.41, 5.74) is 4.44. The molecule has 4 rings (SSSR count). The molecule has 2 aromatic carbocycles. The van der Waals surface area contributed by atoms with Crippen molar-refractivity contribution in [2.45, 2.75) is 43.7 Å². The molecule has 1 amide bonds. The molecule has 3 aromatic rings. The van der Waals surface area contributed by atoms with Crippen LogP contribution in [0.15, 0.2) is 59.5 Å². The number of piperidine rings is 1. The summed E-state index contributed by atoms with van der Waals surface area (Å²) >= 11 is 0. The number of benzene rings is 2. The first-order valence-corrected chi connectivity index (χ1v) is 13.1. The average Bonchev–Trinajstić information content (AvgIpc) is 2.88. The number of rotatable bonds is 9. The smallest absolute Gasteiger partial charge is 0.262 e. The minimum atomic E-state index is -3.86. The number of hydroxylamine groups is 1. The van der Waals surface area contributed by atoms with Gasteiger partial charge in [0.25, 0.3) is 5.91 Å². The van der Waals surface area contributed by atoms with Gasteiger partial charge in [0, 0.05) is 23.2 Å². The van der Waals surface area contributed by atoms with Crippen LogP contribution in [0.25, 0.3) is 10.9 Å². The highest BCUT2D eigenvalue weighted by Gasteiger charge is 2.28. The van der Waals surface area contributed by atoms with E-state index in [-0.39, 0.29) is 11.4 Å². The van der Waals surface area contributed by atoms with Gasteiger partial charge < -0.3 is 4.74 Å². The van der Waals surface area contributed by atoms with Gasteiger partial charge in [0.2, 0.25) is 10.0 Å². The minimum absolute atomic E-state index is 0.0665. The van der Waals surface area contributed by atoms with E-state index < -0.39 is 22.0 Å². The minimum Gasteiger partial charge on any atom is -0.489 e. The Hall–Kier alpha value is -3.05. The average molecular weight is 499 g/mol. The molecule has 0 radical (unpaired) electrons. The summed E-state index contributed by atoms with van der Waals surface area (Å²) in [5.74, 6) is -0.0921. The molecule has 186 valence electrons. The van der Waals surface area contributed by atoms with E-state index in [1.165, 1.54) is 12.1 Å². The fraction of sp³-hybridized carbons (Fsp3) is 0.360. The monoisotopic (exact) mass is 498 g/mol. The normalized spacial score (nSPS) is 15.6. The van der Waals surface area contributed by atoms with Gasteiger partial charge in [0.15, 0.2) is 0 Å². The standard InChI is InChI=1S/C25H30N4O5S/c1-18-15-19(22-7-3-4-8-23(22)27-18)17-34-20-9-11-21(12-10-20)35(32,33)26-16-24(25(30)28-31)29-13-5-2-6-14-29/h3-4,7-12,15,24,26,31H,2,5-6,13-14,16-17H2,1H3,(H,28,30). The Bertz CT molecular complexity index is 1270. The molecule has 2 heterocycles. The van der Waals surface area contributed by atoms with Crippen molar-refractivity contribution in [2.75, 3.05) is 19.6 Å². The molecule has 10 heteroatoms. The molecule has 1 fully saturated rings. The van der Waals surface area contributed by atoms with Crippen molar-refractivity contribution >= 4 is 26.8 Å². The molecular weight excluding hydrogens is 468 g/mol. The van der Waals surface area contributed by atoms with Crippen molar-refractivity contribution in [1.82, 2.24) is 20.1 Å². The molecule has 1 aliphatic rings. The van der Waals surface area contributed by atoms with Gasteiger partial charge in [-0.1, -0.05) is 24.6 Å². The van der Waals surface area contributed by atoms with E-state index in [4.69, 9.17) is 9.94 Å². The van der Waals surface area contributed by atoms with Crippen LogP contribution >= 0.6 is 0 Å². The highest BCUT2D eigenvalue weighted by molar-refractivity contribution is 7.89. The maximum Gasteiger partial charge on any atom is 0.262 e. The van der Waals surface area contributed by atoms with Gasteiger partial charge in [-0.2, -0.15) is 0 Å². The van der Waals surface area contributed by atoms with Crippen molar-refractivity contribution in [3.63, 3.8) is 0 Å². The van der Waals surface area contributed by atoms with E-state index in [2.05, 4.69) is 9.71 Å². The van der Waals surface area contributed by atoms with Crippen LogP contribution in [0.3, 0.4) is 0 Å². The molecule has 1 saturated heterocycles. The van der Waals surface area contributed by atoms with Crippen LogP contribution in [0.1, 0.15) is 30.5 Å². The lowest BCUT2D eigenvalue weighted by Crippen LogP contribution is -2.53. The van der Waals surface area contributed by atoms with Gasteiger partial charge in [-0.15, -0.1) is 0 Å². The first-order valence-electron chi connectivity index (χ1n) is 11.6. The Kier molecular flexibility index (Phi) is 7.97. The Balaban J connectivity index is 1.41. The number of hydrogen-bond acceptors (Lipinski definition) is 7.